The number of hydrogen-bond donors (Lipinski definition) is 0. The Morgan fingerprint density at radius 1 is 1.17 bits per heavy atom. The molecule has 0 amide bonds. The van der Waals surface area contributed by atoms with E-state index in [1.165, 1.54) is 43.2 Å². The molecule has 2 saturated carbocycles. The van der Waals surface area contributed by atoms with E-state index in [1.54, 1.807) is 0 Å². The fraction of sp³-hybridized carbons (Fsp3) is 0.588. The van der Waals surface area contributed by atoms with Gasteiger partial charge in [0.1, 0.15) is 5.78 Å². The summed E-state index contributed by atoms with van der Waals surface area (Å²) < 4.78 is 0. The van der Waals surface area contributed by atoms with Crippen LogP contribution >= 0.6 is 0 Å². The van der Waals surface area contributed by atoms with Crippen LogP contribution in [0.1, 0.15) is 49.1 Å². The van der Waals surface area contributed by atoms with E-state index in [-0.39, 0.29) is 0 Å². The van der Waals surface area contributed by atoms with E-state index in [1.807, 2.05) is 0 Å². The Kier molecular flexibility index (Phi) is 2.36. The minimum Gasteiger partial charge on any atom is -0.299 e. The molecule has 2 fully saturated rings. The Morgan fingerprint density at radius 2 is 2.00 bits per heavy atom. The van der Waals surface area contributed by atoms with Crippen LogP contribution in [0.4, 0.5) is 0 Å². The van der Waals surface area contributed by atoms with E-state index < -0.39 is 0 Å². The number of rotatable bonds is 3. The maximum Gasteiger partial charge on any atom is 0.137 e. The molecule has 0 saturated heterocycles. The average Bonchev–Trinajstić information content (AvgIpc) is 3.08. The number of ketones is 1. The smallest absolute Gasteiger partial charge is 0.137 e. The van der Waals surface area contributed by atoms with Crippen molar-refractivity contribution in [2.45, 2.75) is 44.4 Å². The normalized spacial score (nSPS) is 33.2. The van der Waals surface area contributed by atoms with Gasteiger partial charge in [-0.1, -0.05) is 43.5 Å². The fourth-order valence-corrected chi connectivity index (χ4v) is 4.12. The van der Waals surface area contributed by atoms with E-state index in [0.717, 1.165) is 12.3 Å². The van der Waals surface area contributed by atoms with Gasteiger partial charge in [0.05, 0.1) is 0 Å². The minimum atomic E-state index is 0.384. The first kappa shape index (κ1) is 10.8. The van der Waals surface area contributed by atoms with Gasteiger partial charge >= 0.3 is 0 Å². The Bertz CT molecular complexity index is 486. The van der Waals surface area contributed by atoms with Crippen molar-refractivity contribution in [1.82, 2.24) is 0 Å². The molecule has 3 aliphatic rings. The molecular weight excluding hydrogens is 220 g/mol. The molecular formula is C17H20O. The lowest BCUT2D eigenvalue weighted by Gasteiger charge is -2.24. The third kappa shape index (κ3) is 1.56. The van der Waals surface area contributed by atoms with Crippen LogP contribution in [0, 0.1) is 17.8 Å². The van der Waals surface area contributed by atoms with Crippen molar-refractivity contribution in [3.05, 3.63) is 35.4 Å². The molecule has 3 aliphatic carbocycles. The van der Waals surface area contributed by atoms with Crippen LogP contribution in [-0.2, 0) is 11.2 Å². The van der Waals surface area contributed by atoms with Crippen LogP contribution in [0.15, 0.2) is 24.3 Å². The van der Waals surface area contributed by atoms with Crippen LogP contribution in [-0.4, -0.2) is 5.78 Å². The first-order valence-electron chi connectivity index (χ1n) is 7.45. The lowest BCUT2D eigenvalue weighted by molar-refractivity contribution is -0.122. The number of hydrogen-bond acceptors (Lipinski definition) is 1. The van der Waals surface area contributed by atoms with Gasteiger partial charge in [-0.2, -0.15) is 0 Å². The standard InChI is InChI=1S/C17H20O/c18-15(10-11-4-3-5-11)17-14-9-8-12-6-1-2-7-13(12)16(14)17/h1-2,6-7,11,14,16-17H,3-5,8-10H2. The van der Waals surface area contributed by atoms with Gasteiger partial charge in [0.15, 0.2) is 0 Å². The Balaban J connectivity index is 1.52. The summed E-state index contributed by atoms with van der Waals surface area (Å²) in [5.41, 5.74) is 2.98. The summed E-state index contributed by atoms with van der Waals surface area (Å²) in [4.78, 5) is 12.4. The third-order valence-electron chi connectivity index (χ3n) is 5.42. The number of fused-ring (bicyclic) bond motifs is 3. The van der Waals surface area contributed by atoms with Crippen molar-refractivity contribution in [1.29, 1.82) is 0 Å². The summed E-state index contributed by atoms with van der Waals surface area (Å²) in [5, 5.41) is 0. The monoisotopic (exact) mass is 240 g/mol. The molecule has 0 heterocycles. The first-order valence-corrected chi connectivity index (χ1v) is 7.45. The molecule has 18 heavy (non-hydrogen) atoms. The molecule has 0 radical (unpaired) electrons. The third-order valence-corrected chi connectivity index (χ3v) is 5.42. The van der Waals surface area contributed by atoms with Crippen molar-refractivity contribution in [3.8, 4) is 0 Å². The van der Waals surface area contributed by atoms with Gasteiger partial charge < -0.3 is 0 Å². The quantitative estimate of drug-likeness (QED) is 0.787. The number of carbonyl (C=O) groups is 1. The van der Waals surface area contributed by atoms with E-state index in [9.17, 15) is 4.79 Å². The largest absolute Gasteiger partial charge is 0.299 e. The highest BCUT2D eigenvalue weighted by Crippen LogP contribution is 2.60. The molecule has 3 unspecified atom stereocenters. The predicted octanol–water partition coefficient (Wildman–Crippen LogP) is 3.72. The van der Waals surface area contributed by atoms with Crippen LogP contribution in [0.5, 0.6) is 0 Å². The van der Waals surface area contributed by atoms with Crippen molar-refractivity contribution in [2.24, 2.45) is 17.8 Å². The van der Waals surface area contributed by atoms with Crippen LogP contribution in [0.2, 0.25) is 0 Å². The summed E-state index contributed by atoms with van der Waals surface area (Å²) in [6, 6.07) is 8.76. The summed E-state index contributed by atoms with van der Waals surface area (Å²) in [6.07, 6.45) is 7.24. The van der Waals surface area contributed by atoms with Crippen molar-refractivity contribution >= 4 is 5.78 Å². The summed E-state index contributed by atoms with van der Waals surface area (Å²) in [5.74, 6) is 2.96. The zero-order valence-corrected chi connectivity index (χ0v) is 10.8. The van der Waals surface area contributed by atoms with E-state index in [4.69, 9.17) is 0 Å². The van der Waals surface area contributed by atoms with Crippen molar-refractivity contribution < 1.29 is 4.79 Å². The molecule has 1 nitrogen and oxygen atoms in total. The Hall–Kier alpha value is -1.11. The topological polar surface area (TPSA) is 17.1 Å². The summed E-state index contributed by atoms with van der Waals surface area (Å²) in [6.45, 7) is 0. The highest BCUT2D eigenvalue weighted by molar-refractivity contribution is 5.86. The number of aryl methyl sites for hydroxylation is 1. The summed E-state index contributed by atoms with van der Waals surface area (Å²) >= 11 is 0. The van der Waals surface area contributed by atoms with Crippen molar-refractivity contribution in [2.75, 3.05) is 0 Å². The second-order valence-corrected chi connectivity index (χ2v) is 6.42. The van der Waals surface area contributed by atoms with E-state index in [0.29, 0.717) is 23.5 Å². The molecule has 1 heteroatoms. The highest BCUT2D eigenvalue weighted by Gasteiger charge is 2.56. The van der Waals surface area contributed by atoms with Gasteiger partial charge in [0, 0.05) is 12.3 Å². The molecule has 0 aromatic heterocycles. The van der Waals surface area contributed by atoms with Gasteiger partial charge in [0.25, 0.3) is 0 Å². The highest BCUT2D eigenvalue weighted by atomic mass is 16.1. The Morgan fingerprint density at radius 3 is 2.78 bits per heavy atom. The van der Waals surface area contributed by atoms with Crippen LogP contribution in [0.25, 0.3) is 0 Å². The molecule has 1 aromatic rings. The summed E-state index contributed by atoms with van der Waals surface area (Å²) in [7, 11) is 0. The molecule has 0 spiro atoms. The molecule has 1 aromatic carbocycles. The second-order valence-electron chi connectivity index (χ2n) is 6.42. The lowest BCUT2D eigenvalue weighted by Crippen LogP contribution is -2.17. The van der Waals surface area contributed by atoms with Crippen LogP contribution in [0.3, 0.4) is 0 Å². The zero-order valence-electron chi connectivity index (χ0n) is 10.8. The molecule has 94 valence electrons. The SMILES string of the molecule is O=C(CC1CCC1)C1C2CCc3ccccc3C21. The predicted molar refractivity (Wildman–Crippen MR) is 71.4 cm³/mol. The molecule has 0 bridgehead atoms. The van der Waals surface area contributed by atoms with E-state index in [2.05, 4.69) is 24.3 Å². The molecule has 0 N–H and O–H groups in total. The number of benzene rings is 1. The lowest BCUT2D eigenvalue weighted by atomic mass is 9.81. The Labute approximate surface area is 109 Å². The van der Waals surface area contributed by atoms with Gasteiger partial charge in [-0.15, -0.1) is 0 Å². The fourth-order valence-electron chi connectivity index (χ4n) is 4.12. The van der Waals surface area contributed by atoms with Crippen molar-refractivity contribution in [3.63, 3.8) is 0 Å². The molecule has 4 rings (SSSR count). The average molecular weight is 240 g/mol. The maximum absolute atomic E-state index is 12.4. The minimum absolute atomic E-state index is 0.384. The zero-order chi connectivity index (χ0) is 12.1. The van der Waals surface area contributed by atoms with Gasteiger partial charge in [-0.05, 0) is 41.7 Å². The molecule has 0 aliphatic heterocycles. The number of Topliss-reactive ketones (excluding diaryl/α,β-unsaturated/α-hetero) is 1. The van der Waals surface area contributed by atoms with Gasteiger partial charge in [0.2, 0.25) is 0 Å². The molecule has 3 atom stereocenters. The second kappa shape index (κ2) is 3.94. The van der Waals surface area contributed by atoms with Crippen LogP contribution < -0.4 is 0 Å². The maximum atomic E-state index is 12.4. The van der Waals surface area contributed by atoms with Gasteiger partial charge in [-0.25, -0.2) is 0 Å². The first-order chi connectivity index (χ1) is 8.84. The number of carbonyl (C=O) groups excluding carboxylic acids is 1. The van der Waals surface area contributed by atoms with E-state index >= 15 is 0 Å². The van der Waals surface area contributed by atoms with Gasteiger partial charge in [-0.3, -0.25) is 4.79 Å².